The monoisotopic (exact) mass is 173 g/mol. The summed E-state index contributed by atoms with van der Waals surface area (Å²) in [4.78, 5) is 0. The van der Waals surface area contributed by atoms with Crippen LogP contribution in [0.5, 0.6) is 0 Å². The molecule has 0 bridgehead atoms. The van der Waals surface area contributed by atoms with Gasteiger partial charge in [-0.15, -0.1) is 0 Å². The van der Waals surface area contributed by atoms with E-state index in [-0.39, 0.29) is 0 Å². The van der Waals surface area contributed by atoms with Gasteiger partial charge >= 0.3 is 0 Å². The molecule has 1 N–H and O–H groups in total. The van der Waals surface area contributed by atoms with Crippen LogP contribution in [0.2, 0.25) is 0 Å². The van der Waals surface area contributed by atoms with Crippen LogP contribution >= 0.6 is 0 Å². The Morgan fingerprint density at radius 3 is 3.08 bits per heavy atom. The van der Waals surface area contributed by atoms with Gasteiger partial charge in [-0.3, -0.25) is 0 Å². The minimum atomic E-state index is 0.773. The first-order valence-electron chi connectivity index (χ1n) is 5.28. The minimum absolute atomic E-state index is 0.773. The molecule has 1 aromatic carbocycles. The van der Waals surface area contributed by atoms with E-state index in [1.807, 2.05) is 0 Å². The van der Waals surface area contributed by atoms with Crippen molar-refractivity contribution in [1.29, 1.82) is 0 Å². The predicted molar refractivity (Wildman–Crippen MR) is 54.9 cm³/mol. The molecule has 1 aliphatic carbocycles. The molecule has 0 unspecified atom stereocenters. The van der Waals surface area contributed by atoms with Crippen LogP contribution in [0.15, 0.2) is 24.3 Å². The van der Waals surface area contributed by atoms with Crippen molar-refractivity contribution in [2.75, 3.05) is 5.32 Å². The Labute approximate surface area is 79.2 Å². The molecule has 68 valence electrons. The van der Waals surface area contributed by atoms with Gasteiger partial charge in [-0.05, 0) is 36.8 Å². The van der Waals surface area contributed by atoms with Crippen molar-refractivity contribution in [3.8, 4) is 0 Å². The Morgan fingerprint density at radius 1 is 1.15 bits per heavy atom. The fourth-order valence-corrected chi connectivity index (χ4v) is 2.79. The summed E-state index contributed by atoms with van der Waals surface area (Å²) in [7, 11) is 0. The van der Waals surface area contributed by atoms with E-state index in [1.165, 1.54) is 36.9 Å². The van der Waals surface area contributed by atoms with Crippen LogP contribution in [0.1, 0.15) is 24.8 Å². The van der Waals surface area contributed by atoms with Gasteiger partial charge in [0.2, 0.25) is 0 Å². The maximum Gasteiger partial charge on any atom is 0.0375 e. The maximum atomic E-state index is 3.66. The Bertz CT molecular complexity index is 288. The van der Waals surface area contributed by atoms with Crippen LogP contribution < -0.4 is 5.32 Å². The molecule has 1 fully saturated rings. The van der Waals surface area contributed by atoms with Gasteiger partial charge in [0.15, 0.2) is 0 Å². The second kappa shape index (κ2) is 2.76. The van der Waals surface area contributed by atoms with E-state index >= 15 is 0 Å². The largest absolute Gasteiger partial charge is 0.382 e. The first kappa shape index (κ1) is 7.43. The third kappa shape index (κ3) is 1.14. The van der Waals surface area contributed by atoms with Gasteiger partial charge in [-0.2, -0.15) is 0 Å². The quantitative estimate of drug-likeness (QED) is 0.636. The summed E-state index contributed by atoms with van der Waals surface area (Å²) in [5.41, 5.74) is 2.90. The van der Waals surface area contributed by atoms with Crippen LogP contribution in [0.3, 0.4) is 0 Å². The van der Waals surface area contributed by atoms with Crippen molar-refractivity contribution in [3.63, 3.8) is 0 Å². The van der Waals surface area contributed by atoms with E-state index in [4.69, 9.17) is 0 Å². The Morgan fingerprint density at radius 2 is 2.08 bits per heavy atom. The second-order valence-corrected chi connectivity index (χ2v) is 4.30. The smallest absolute Gasteiger partial charge is 0.0375 e. The fourth-order valence-electron chi connectivity index (χ4n) is 2.79. The van der Waals surface area contributed by atoms with Gasteiger partial charge in [-0.1, -0.05) is 24.6 Å². The topological polar surface area (TPSA) is 12.0 Å². The standard InChI is InChI=1S/C12H15N/c1-2-6-11-9(4-1)8-10-5-3-7-12(10)13-11/h1-2,4,6,10,12-13H,3,5,7-8H2/t10-,12+/m1/s1. The van der Waals surface area contributed by atoms with E-state index in [9.17, 15) is 0 Å². The van der Waals surface area contributed by atoms with Crippen LogP contribution in [-0.4, -0.2) is 6.04 Å². The number of hydrogen-bond donors (Lipinski definition) is 1. The summed E-state index contributed by atoms with van der Waals surface area (Å²) in [5.74, 6) is 0.912. The molecule has 1 saturated carbocycles. The summed E-state index contributed by atoms with van der Waals surface area (Å²) in [6, 6.07) is 9.52. The summed E-state index contributed by atoms with van der Waals surface area (Å²) in [5, 5.41) is 3.66. The van der Waals surface area contributed by atoms with Crippen molar-refractivity contribution in [2.45, 2.75) is 31.7 Å². The molecule has 0 spiro atoms. The highest BCUT2D eigenvalue weighted by Crippen LogP contribution is 2.37. The number of anilines is 1. The average Bonchev–Trinajstić information content (AvgIpc) is 2.61. The fraction of sp³-hybridized carbons (Fsp3) is 0.500. The lowest BCUT2D eigenvalue weighted by Gasteiger charge is -2.29. The van der Waals surface area contributed by atoms with Crippen LogP contribution in [0.4, 0.5) is 5.69 Å². The molecule has 1 aromatic rings. The lowest BCUT2D eigenvalue weighted by molar-refractivity contribution is 0.487. The molecule has 1 aliphatic heterocycles. The number of fused-ring (bicyclic) bond motifs is 2. The minimum Gasteiger partial charge on any atom is -0.382 e. The van der Waals surface area contributed by atoms with Gasteiger partial charge in [0.1, 0.15) is 0 Å². The van der Waals surface area contributed by atoms with E-state index in [2.05, 4.69) is 29.6 Å². The van der Waals surface area contributed by atoms with Crippen LogP contribution in [-0.2, 0) is 6.42 Å². The highest BCUT2D eigenvalue weighted by Gasteiger charge is 2.31. The summed E-state index contributed by atoms with van der Waals surface area (Å²) in [6.07, 6.45) is 5.51. The van der Waals surface area contributed by atoms with Crippen molar-refractivity contribution in [2.24, 2.45) is 5.92 Å². The Kier molecular flexibility index (Phi) is 1.58. The summed E-state index contributed by atoms with van der Waals surface area (Å²) >= 11 is 0. The molecule has 0 amide bonds. The van der Waals surface area contributed by atoms with E-state index < -0.39 is 0 Å². The molecule has 1 nitrogen and oxygen atoms in total. The molecule has 13 heavy (non-hydrogen) atoms. The molecule has 0 saturated heterocycles. The molecular weight excluding hydrogens is 158 g/mol. The molecule has 1 heteroatoms. The Balaban J connectivity index is 1.97. The number of rotatable bonds is 0. The SMILES string of the molecule is c1ccc2c(c1)C[C@H]1CCC[C@@H]1N2. The second-order valence-electron chi connectivity index (χ2n) is 4.30. The third-order valence-corrected chi connectivity index (χ3v) is 3.50. The van der Waals surface area contributed by atoms with Gasteiger partial charge in [0.05, 0.1) is 0 Å². The average molecular weight is 173 g/mol. The van der Waals surface area contributed by atoms with E-state index in [0.29, 0.717) is 0 Å². The van der Waals surface area contributed by atoms with Gasteiger partial charge in [0, 0.05) is 11.7 Å². The summed E-state index contributed by atoms with van der Waals surface area (Å²) in [6.45, 7) is 0. The Hall–Kier alpha value is -0.980. The van der Waals surface area contributed by atoms with E-state index in [1.54, 1.807) is 0 Å². The first-order valence-corrected chi connectivity index (χ1v) is 5.28. The number of nitrogens with one attached hydrogen (secondary N) is 1. The van der Waals surface area contributed by atoms with Crippen molar-refractivity contribution in [3.05, 3.63) is 29.8 Å². The molecule has 1 heterocycles. The van der Waals surface area contributed by atoms with Gasteiger partial charge in [0.25, 0.3) is 0 Å². The first-order chi connectivity index (χ1) is 6.43. The normalized spacial score (nSPS) is 30.5. The predicted octanol–water partition coefficient (Wildman–Crippen LogP) is 2.82. The van der Waals surface area contributed by atoms with E-state index in [0.717, 1.165) is 12.0 Å². The molecule has 2 atom stereocenters. The maximum absolute atomic E-state index is 3.66. The zero-order valence-corrected chi connectivity index (χ0v) is 7.79. The lowest BCUT2D eigenvalue weighted by atomic mass is 9.89. The van der Waals surface area contributed by atoms with Crippen LogP contribution in [0, 0.1) is 5.92 Å². The molecule has 3 rings (SSSR count). The van der Waals surface area contributed by atoms with Crippen LogP contribution in [0.25, 0.3) is 0 Å². The molecule has 0 radical (unpaired) electrons. The molecular formula is C12H15N. The third-order valence-electron chi connectivity index (χ3n) is 3.50. The zero-order chi connectivity index (χ0) is 8.67. The van der Waals surface area contributed by atoms with Crippen molar-refractivity contribution >= 4 is 5.69 Å². The zero-order valence-electron chi connectivity index (χ0n) is 7.79. The summed E-state index contributed by atoms with van der Waals surface area (Å²) < 4.78 is 0. The van der Waals surface area contributed by atoms with Gasteiger partial charge < -0.3 is 5.32 Å². The van der Waals surface area contributed by atoms with Crippen molar-refractivity contribution < 1.29 is 0 Å². The van der Waals surface area contributed by atoms with Gasteiger partial charge in [-0.25, -0.2) is 0 Å². The van der Waals surface area contributed by atoms with Crippen molar-refractivity contribution in [1.82, 2.24) is 0 Å². The highest BCUT2D eigenvalue weighted by atomic mass is 14.9. The highest BCUT2D eigenvalue weighted by molar-refractivity contribution is 5.54. The number of para-hydroxylation sites is 1. The number of benzene rings is 1. The molecule has 0 aromatic heterocycles. The number of hydrogen-bond acceptors (Lipinski definition) is 1. The lowest BCUT2D eigenvalue weighted by Crippen LogP contribution is -2.30. The molecule has 2 aliphatic rings.